The predicted molar refractivity (Wildman–Crippen MR) is 80.3 cm³/mol. The van der Waals surface area contributed by atoms with Crippen molar-refractivity contribution in [2.24, 2.45) is 0 Å². The van der Waals surface area contributed by atoms with Gasteiger partial charge in [0.15, 0.2) is 0 Å². The standard InChI is InChI=1S/C11H23BNO4PS/c1-5-18(14,19)13-9-8(6-16-7(2)3)17-11(12)10(9)15-4/h7-11H,5-6H2,1-4H3,(H2,13,14,19)/t8-,9?,10?,11-,18?/m1/s1. The minimum absolute atomic E-state index is 0.102. The van der Waals surface area contributed by atoms with Crippen molar-refractivity contribution in [2.75, 3.05) is 19.9 Å². The number of nitrogens with one attached hydrogen (secondary N) is 1. The molecule has 1 fully saturated rings. The zero-order chi connectivity index (χ0) is 14.6. The normalized spacial score (nSPS) is 34.6. The Labute approximate surface area is 121 Å². The van der Waals surface area contributed by atoms with Crippen LogP contribution in [-0.4, -0.2) is 63.0 Å². The average molecular weight is 307 g/mol. The number of hydrogen-bond donors (Lipinski definition) is 2. The van der Waals surface area contributed by atoms with E-state index in [-0.39, 0.29) is 24.4 Å². The number of hydrogen-bond acceptors (Lipinski definition) is 4. The SMILES string of the molecule is [B][C@@H]1O[C@H](COC(C)C)C(NP(O)(=S)CC)C1OC. The van der Waals surface area contributed by atoms with Crippen molar-refractivity contribution in [3.8, 4) is 0 Å². The van der Waals surface area contributed by atoms with E-state index in [1.54, 1.807) is 7.11 Å². The van der Waals surface area contributed by atoms with Gasteiger partial charge in [0.2, 0.25) is 0 Å². The third kappa shape index (κ3) is 5.08. The van der Waals surface area contributed by atoms with Crippen LogP contribution in [0.5, 0.6) is 0 Å². The van der Waals surface area contributed by atoms with Crippen LogP contribution >= 0.6 is 6.42 Å². The first-order chi connectivity index (χ1) is 8.80. The second kappa shape index (κ2) is 7.50. The van der Waals surface area contributed by atoms with Gasteiger partial charge in [-0.25, -0.2) is 0 Å². The predicted octanol–water partition coefficient (Wildman–Crippen LogP) is 0.600. The molecule has 5 atom stereocenters. The molecule has 0 spiro atoms. The van der Waals surface area contributed by atoms with E-state index in [1.807, 2.05) is 20.8 Å². The molecule has 0 aromatic carbocycles. The summed E-state index contributed by atoms with van der Waals surface area (Å²) in [5.41, 5.74) is 0. The monoisotopic (exact) mass is 307 g/mol. The molecule has 2 N–H and O–H groups in total. The van der Waals surface area contributed by atoms with E-state index >= 15 is 0 Å². The van der Waals surface area contributed by atoms with Gasteiger partial charge < -0.3 is 19.1 Å². The van der Waals surface area contributed by atoms with E-state index in [4.69, 9.17) is 33.9 Å². The lowest BCUT2D eigenvalue weighted by molar-refractivity contribution is -0.0229. The molecule has 0 aromatic heterocycles. The summed E-state index contributed by atoms with van der Waals surface area (Å²) < 4.78 is 16.6. The van der Waals surface area contributed by atoms with Gasteiger partial charge in [0.1, 0.15) is 14.3 Å². The zero-order valence-corrected chi connectivity index (χ0v) is 13.6. The molecule has 1 saturated heterocycles. The molecule has 3 unspecified atom stereocenters. The Hall–Kier alpha value is 0.515. The van der Waals surface area contributed by atoms with Gasteiger partial charge in [0, 0.05) is 19.3 Å². The van der Waals surface area contributed by atoms with Gasteiger partial charge in [0.05, 0.1) is 31.0 Å². The fourth-order valence-corrected chi connectivity index (χ4v) is 3.30. The highest BCUT2D eigenvalue weighted by Gasteiger charge is 2.43. The third-order valence-corrected chi connectivity index (χ3v) is 5.71. The van der Waals surface area contributed by atoms with E-state index in [1.165, 1.54) is 0 Å². The summed E-state index contributed by atoms with van der Waals surface area (Å²) in [6.45, 7) is 6.15. The molecule has 1 aliphatic rings. The lowest BCUT2D eigenvalue weighted by atomic mass is 9.92. The Balaban J connectivity index is 2.75. The molecule has 2 radical (unpaired) electrons. The van der Waals surface area contributed by atoms with Crippen molar-refractivity contribution in [3.63, 3.8) is 0 Å². The van der Waals surface area contributed by atoms with Gasteiger partial charge in [-0.15, -0.1) is 0 Å². The fourth-order valence-electron chi connectivity index (χ4n) is 1.97. The Morgan fingerprint density at radius 2 is 2.16 bits per heavy atom. The number of methoxy groups -OCH3 is 1. The molecule has 1 heterocycles. The first-order valence-electron chi connectivity index (χ1n) is 6.45. The molecule has 0 bridgehead atoms. The molecule has 0 aliphatic carbocycles. The lowest BCUT2D eigenvalue weighted by Crippen LogP contribution is -2.46. The highest BCUT2D eigenvalue weighted by atomic mass is 32.4. The number of rotatable bonds is 7. The maximum atomic E-state index is 10.1. The summed E-state index contributed by atoms with van der Waals surface area (Å²) in [6.07, 6.45) is -2.59. The Kier molecular flexibility index (Phi) is 6.94. The van der Waals surface area contributed by atoms with Crippen LogP contribution in [0, 0.1) is 0 Å². The topological polar surface area (TPSA) is 60.0 Å². The van der Waals surface area contributed by atoms with Gasteiger partial charge in [0.25, 0.3) is 0 Å². The Morgan fingerprint density at radius 3 is 2.63 bits per heavy atom. The van der Waals surface area contributed by atoms with Gasteiger partial charge >= 0.3 is 0 Å². The van der Waals surface area contributed by atoms with E-state index in [0.29, 0.717) is 12.8 Å². The lowest BCUT2D eigenvalue weighted by Gasteiger charge is -2.28. The van der Waals surface area contributed by atoms with Crippen LogP contribution in [0.2, 0.25) is 0 Å². The third-order valence-electron chi connectivity index (χ3n) is 3.06. The largest absolute Gasteiger partial charge is 0.378 e. The summed E-state index contributed by atoms with van der Waals surface area (Å²) in [5.74, 6) is 0. The molecular weight excluding hydrogens is 284 g/mol. The van der Waals surface area contributed by atoms with Gasteiger partial charge in [-0.05, 0) is 13.8 Å². The summed E-state index contributed by atoms with van der Waals surface area (Å²) in [5, 5.41) is 3.08. The second-order valence-corrected chi connectivity index (χ2v) is 9.00. The first kappa shape index (κ1) is 17.6. The van der Waals surface area contributed by atoms with E-state index in [2.05, 4.69) is 5.09 Å². The quantitative estimate of drug-likeness (QED) is 0.531. The highest BCUT2D eigenvalue weighted by Crippen LogP contribution is 2.38. The summed E-state index contributed by atoms with van der Waals surface area (Å²) in [6, 6.07) is -0.801. The van der Waals surface area contributed by atoms with Crippen molar-refractivity contribution in [2.45, 2.75) is 51.1 Å². The van der Waals surface area contributed by atoms with Crippen molar-refractivity contribution in [1.29, 1.82) is 0 Å². The van der Waals surface area contributed by atoms with Crippen LogP contribution in [0.15, 0.2) is 0 Å². The molecular formula is C11H23BNO4PS. The van der Waals surface area contributed by atoms with Crippen LogP contribution < -0.4 is 5.09 Å². The van der Waals surface area contributed by atoms with Crippen LogP contribution in [0.4, 0.5) is 0 Å². The van der Waals surface area contributed by atoms with Crippen LogP contribution in [0.25, 0.3) is 0 Å². The number of ether oxygens (including phenoxy) is 3. The molecule has 1 rings (SSSR count). The van der Waals surface area contributed by atoms with Crippen molar-refractivity contribution >= 4 is 26.1 Å². The molecule has 5 nitrogen and oxygen atoms in total. The molecule has 1 aliphatic heterocycles. The van der Waals surface area contributed by atoms with Crippen molar-refractivity contribution in [1.82, 2.24) is 5.09 Å². The van der Waals surface area contributed by atoms with Crippen LogP contribution in [0.3, 0.4) is 0 Å². The minimum atomic E-state index is -2.57. The van der Waals surface area contributed by atoms with E-state index in [9.17, 15) is 4.89 Å². The summed E-state index contributed by atoms with van der Waals surface area (Å²) >= 11 is 5.17. The average Bonchev–Trinajstić information content (AvgIpc) is 2.62. The zero-order valence-electron chi connectivity index (χ0n) is 11.9. The van der Waals surface area contributed by atoms with Gasteiger partial charge in [-0.1, -0.05) is 18.7 Å². The van der Waals surface area contributed by atoms with E-state index in [0.717, 1.165) is 0 Å². The molecule has 0 amide bonds. The second-order valence-electron chi connectivity index (χ2n) is 4.89. The summed E-state index contributed by atoms with van der Waals surface area (Å²) in [7, 11) is 7.46. The van der Waals surface area contributed by atoms with Crippen LogP contribution in [0.1, 0.15) is 20.8 Å². The van der Waals surface area contributed by atoms with Gasteiger partial charge in [-0.2, -0.15) is 0 Å². The van der Waals surface area contributed by atoms with Crippen molar-refractivity contribution in [3.05, 3.63) is 0 Å². The maximum absolute atomic E-state index is 10.1. The molecule has 110 valence electrons. The maximum Gasteiger partial charge on any atom is 0.126 e. The molecule has 0 aromatic rings. The Morgan fingerprint density at radius 1 is 1.53 bits per heavy atom. The van der Waals surface area contributed by atoms with Crippen LogP contribution in [-0.2, 0) is 26.0 Å². The molecule has 8 heteroatoms. The smallest absolute Gasteiger partial charge is 0.126 e. The van der Waals surface area contributed by atoms with Crippen molar-refractivity contribution < 1.29 is 19.1 Å². The highest BCUT2D eigenvalue weighted by molar-refractivity contribution is 8.10. The first-order valence-corrected chi connectivity index (χ1v) is 9.39. The molecule has 19 heavy (non-hydrogen) atoms. The summed E-state index contributed by atoms with van der Waals surface area (Å²) in [4.78, 5) is 10.1. The Bertz CT molecular complexity index is 334. The minimum Gasteiger partial charge on any atom is -0.378 e. The molecule has 0 saturated carbocycles. The van der Waals surface area contributed by atoms with Gasteiger partial charge in [-0.3, -0.25) is 5.09 Å². The van der Waals surface area contributed by atoms with E-state index < -0.39 is 12.4 Å². The fraction of sp³-hybridized carbons (Fsp3) is 1.00.